The van der Waals surface area contributed by atoms with Gasteiger partial charge in [0.05, 0.1) is 11.4 Å². The van der Waals surface area contributed by atoms with Crippen LogP contribution in [0.3, 0.4) is 0 Å². The Labute approximate surface area is 201 Å². The van der Waals surface area contributed by atoms with Gasteiger partial charge in [-0.25, -0.2) is 4.98 Å². The van der Waals surface area contributed by atoms with Crippen LogP contribution in [0, 0.1) is 6.92 Å². The molecule has 1 aromatic heterocycles. The third-order valence-electron chi connectivity index (χ3n) is 6.75. The van der Waals surface area contributed by atoms with E-state index in [1.54, 1.807) is 13.1 Å². The molecule has 1 amide bonds. The van der Waals surface area contributed by atoms with Gasteiger partial charge in [-0.05, 0) is 61.9 Å². The third-order valence-corrected chi connectivity index (χ3v) is 6.75. The molecule has 34 heavy (non-hydrogen) atoms. The third kappa shape index (κ3) is 4.56. The van der Waals surface area contributed by atoms with E-state index in [4.69, 9.17) is 0 Å². The number of benzene rings is 2. The van der Waals surface area contributed by atoms with Crippen LogP contribution in [0.2, 0.25) is 0 Å². The molecule has 2 N–H and O–H groups in total. The zero-order valence-corrected chi connectivity index (χ0v) is 20.1. The summed E-state index contributed by atoms with van der Waals surface area (Å²) in [7, 11) is 2.18. The second-order valence-electron chi connectivity index (χ2n) is 9.20. The average molecular weight is 457 g/mol. The predicted molar refractivity (Wildman–Crippen MR) is 140 cm³/mol. The molecule has 0 spiro atoms. The Bertz CT molecular complexity index is 1200. The van der Waals surface area contributed by atoms with Crippen molar-refractivity contribution >= 4 is 40.2 Å². The molecular weight excluding hydrogens is 424 g/mol. The highest BCUT2D eigenvalue weighted by Gasteiger charge is 2.25. The fourth-order valence-electron chi connectivity index (χ4n) is 4.79. The second-order valence-corrected chi connectivity index (χ2v) is 9.20. The molecule has 0 radical (unpaired) electrons. The molecule has 0 aliphatic carbocycles. The zero-order valence-electron chi connectivity index (χ0n) is 20.1. The summed E-state index contributed by atoms with van der Waals surface area (Å²) in [5, 5.41) is 6.97. The van der Waals surface area contributed by atoms with Gasteiger partial charge in [-0.2, -0.15) is 0 Å². The summed E-state index contributed by atoms with van der Waals surface area (Å²) in [5.74, 6) is 0.844. The molecule has 0 saturated carbocycles. The highest BCUT2D eigenvalue weighted by atomic mass is 16.2. The lowest BCUT2D eigenvalue weighted by molar-refractivity contribution is -0.116. The lowest BCUT2D eigenvalue weighted by Crippen LogP contribution is -2.44. The Morgan fingerprint density at radius 3 is 2.53 bits per heavy atom. The molecule has 3 heterocycles. The Balaban J connectivity index is 1.32. The number of carbonyl (C=O) groups is 1. The number of nitrogens with zero attached hydrogens (tertiary/aromatic N) is 4. The summed E-state index contributed by atoms with van der Waals surface area (Å²) in [6.07, 6.45) is 2.68. The maximum atomic E-state index is 12.1. The number of hydrogen-bond acceptors (Lipinski definition) is 6. The van der Waals surface area contributed by atoms with Crippen LogP contribution < -0.4 is 20.4 Å². The zero-order chi connectivity index (χ0) is 23.7. The summed E-state index contributed by atoms with van der Waals surface area (Å²) in [4.78, 5) is 23.3. The normalized spacial score (nSPS) is 15.9. The second kappa shape index (κ2) is 9.35. The summed E-state index contributed by atoms with van der Waals surface area (Å²) in [5.41, 5.74) is 7.55. The first-order valence-corrected chi connectivity index (χ1v) is 11.9. The smallest absolute Gasteiger partial charge is 0.223 e. The Morgan fingerprint density at radius 2 is 1.76 bits per heavy atom. The van der Waals surface area contributed by atoms with Crippen molar-refractivity contribution in [1.82, 2.24) is 9.88 Å². The Hall–Kier alpha value is -3.58. The van der Waals surface area contributed by atoms with E-state index in [1.807, 2.05) is 29.2 Å². The van der Waals surface area contributed by atoms with E-state index in [2.05, 4.69) is 63.7 Å². The van der Waals surface area contributed by atoms with Gasteiger partial charge in [-0.15, -0.1) is 0 Å². The van der Waals surface area contributed by atoms with Crippen molar-refractivity contribution in [1.29, 1.82) is 0 Å². The van der Waals surface area contributed by atoms with Gasteiger partial charge in [-0.3, -0.25) is 4.79 Å². The number of aryl methyl sites for hydroxylation is 1. The van der Waals surface area contributed by atoms with Gasteiger partial charge in [0.15, 0.2) is 0 Å². The number of likely N-dealkylation sites (N-methyl/N-ethyl adjacent to an activating group) is 1. The van der Waals surface area contributed by atoms with E-state index in [0.717, 1.165) is 67.7 Å². The first-order valence-electron chi connectivity index (χ1n) is 11.9. The van der Waals surface area contributed by atoms with Crippen molar-refractivity contribution in [2.75, 3.05) is 60.2 Å². The number of carbonyl (C=O) groups excluding carboxylic acids is 1. The number of aromatic nitrogens is 1. The first-order chi connectivity index (χ1) is 16.5. The Morgan fingerprint density at radius 1 is 0.941 bits per heavy atom. The number of fused-ring (bicyclic) bond motifs is 1. The highest BCUT2D eigenvalue weighted by molar-refractivity contribution is 5.98. The standard InChI is InChI=1S/C27H32N6O/c1-19-17-23(32-15-13-31(3)14-16-32)7-8-24(19)30-26-18-22(9-11-28-26)29-25-6-4-5-21-10-12-33(20(2)34)27(21)25/h4-9,11,17-18H,10,12-16H2,1-3H3,(H2,28,29,30). The molecule has 1 fully saturated rings. The summed E-state index contributed by atoms with van der Waals surface area (Å²) >= 11 is 0. The lowest BCUT2D eigenvalue weighted by atomic mass is 10.1. The van der Waals surface area contributed by atoms with Gasteiger partial charge in [-0.1, -0.05) is 12.1 Å². The minimum absolute atomic E-state index is 0.0700. The number of para-hydroxylation sites is 1. The number of nitrogens with one attached hydrogen (secondary N) is 2. The van der Waals surface area contributed by atoms with E-state index < -0.39 is 0 Å². The van der Waals surface area contributed by atoms with E-state index in [9.17, 15) is 4.79 Å². The van der Waals surface area contributed by atoms with E-state index in [-0.39, 0.29) is 5.91 Å². The topological polar surface area (TPSA) is 63.7 Å². The van der Waals surface area contributed by atoms with Crippen LogP contribution in [-0.4, -0.2) is 55.6 Å². The monoisotopic (exact) mass is 456 g/mol. The molecule has 0 unspecified atom stereocenters. The van der Waals surface area contributed by atoms with E-state index in [0.29, 0.717) is 0 Å². The maximum absolute atomic E-state index is 12.1. The molecule has 7 nitrogen and oxygen atoms in total. The molecule has 176 valence electrons. The first kappa shape index (κ1) is 22.2. The molecule has 2 aliphatic rings. The van der Waals surface area contributed by atoms with Crippen molar-refractivity contribution in [3.63, 3.8) is 0 Å². The molecule has 0 bridgehead atoms. The van der Waals surface area contributed by atoms with Crippen molar-refractivity contribution < 1.29 is 4.79 Å². The van der Waals surface area contributed by atoms with E-state index >= 15 is 0 Å². The van der Waals surface area contributed by atoms with Crippen LogP contribution in [0.15, 0.2) is 54.7 Å². The van der Waals surface area contributed by atoms with Gasteiger partial charge in [0.1, 0.15) is 5.82 Å². The SMILES string of the molecule is CC(=O)N1CCc2cccc(Nc3ccnc(Nc4ccc(N5CCN(C)CC5)cc4C)c3)c21. The summed E-state index contributed by atoms with van der Waals surface area (Å²) < 4.78 is 0. The van der Waals surface area contributed by atoms with Crippen LogP contribution in [0.25, 0.3) is 0 Å². The molecule has 7 heteroatoms. The summed E-state index contributed by atoms with van der Waals surface area (Å²) in [6, 6.07) is 16.7. The van der Waals surface area contributed by atoms with Gasteiger partial charge >= 0.3 is 0 Å². The number of rotatable bonds is 5. The lowest BCUT2D eigenvalue weighted by Gasteiger charge is -2.34. The molecule has 3 aromatic rings. The number of amides is 1. The maximum Gasteiger partial charge on any atom is 0.223 e. The van der Waals surface area contributed by atoms with Crippen molar-refractivity contribution in [2.24, 2.45) is 0 Å². The molecular formula is C27H32N6O. The van der Waals surface area contributed by atoms with Crippen LogP contribution in [0.1, 0.15) is 18.1 Å². The predicted octanol–water partition coefficient (Wildman–Crippen LogP) is 4.54. The number of pyridine rings is 1. The Kier molecular flexibility index (Phi) is 6.11. The van der Waals surface area contributed by atoms with Crippen LogP contribution in [0.5, 0.6) is 0 Å². The van der Waals surface area contributed by atoms with Gasteiger partial charge < -0.3 is 25.3 Å². The van der Waals surface area contributed by atoms with Crippen molar-refractivity contribution in [3.8, 4) is 0 Å². The van der Waals surface area contributed by atoms with Gasteiger partial charge in [0, 0.05) is 69.0 Å². The quantitative estimate of drug-likeness (QED) is 0.588. The van der Waals surface area contributed by atoms with Crippen LogP contribution in [-0.2, 0) is 11.2 Å². The number of hydrogen-bond donors (Lipinski definition) is 2. The molecule has 0 atom stereocenters. The molecule has 2 aromatic carbocycles. The largest absolute Gasteiger partial charge is 0.369 e. The highest BCUT2D eigenvalue weighted by Crippen LogP contribution is 2.37. The fourth-order valence-corrected chi connectivity index (χ4v) is 4.79. The number of piperazine rings is 1. The summed E-state index contributed by atoms with van der Waals surface area (Å²) in [6.45, 7) is 8.79. The molecule has 5 rings (SSSR count). The van der Waals surface area contributed by atoms with Crippen LogP contribution in [0.4, 0.5) is 34.3 Å². The van der Waals surface area contributed by atoms with Crippen molar-refractivity contribution in [2.45, 2.75) is 20.3 Å². The van der Waals surface area contributed by atoms with E-state index in [1.165, 1.54) is 16.8 Å². The van der Waals surface area contributed by atoms with Crippen LogP contribution >= 0.6 is 0 Å². The van der Waals surface area contributed by atoms with Crippen molar-refractivity contribution in [3.05, 3.63) is 65.9 Å². The van der Waals surface area contributed by atoms with Gasteiger partial charge in [0.25, 0.3) is 0 Å². The minimum Gasteiger partial charge on any atom is -0.369 e. The number of anilines is 6. The van der Waals surface area contributed by atoms with Gasteiger partial charge in [0.2, 0.25) is 5.91 Å². The fraction of sp³-hybridized carbons (Fsp3) is 0.333. The molecule has 2 aliphatic heterocycles. The molecule has 1 saturated heterocycles. The average Bonchev–Trinajstić information content (AvgIpc) is 3.27. The minimum atomic E-state index is 0.0700.